The molecule has 6 nitrogen and oxygen atoms in total. The number of hydrogen-bond donors (Lipinski definition) is 1. The van der Waals surface area contributed by atoms with Crippen LogP contribution in [-0.2, 0) is 14.8 Å². The Hall–Kier alpha value is -2.52. The van der Waals surface area contributed by atoms with E-state index in [1.54, 1.807) is 26.8 Å². The Morgan fingerprint density at radius 3 is 2.36 bits per heavy atom. The number of nitrogens with zero attached hydrogens (tertiary/aromatic N) is 1. The highest BCUT2D eigenvalue weighted by molar-refractivity contribution is 7.89. The van der Waals surface area contributed by atoms with E-state index in [9.17, 15) is 22.0 Å². The van der Waals surface area contributed by atoms with Crippen LogP contribution in [0.5, 0.6) is 5.75 Å². The third kappa shape index (κ3) is 5.05. The average Bonchev–Trinajstić information content (AvgIpc) is 2.65. The molecule has 28 heavy (non-hydrogen) atoms. The van der Waals surface area contributed by atoms with Crippen LogP contribution in [0, 0.1) is 18.6 Å². The van der Waals surface area contributed by atoms with E-state index in [1.165, 1.54) is 22.5 Å². The van der Waals surface area contributed by atoms with Gasteiger partial charge in [0.1, 0.15) is 5.75 Å². The normalized spacial score (nSPS) is 11.5. The van der Waals surface area contributed by atoms with E-state index in [2.05, 4.69) is 5.32 Å². The maximum Gasteiger partial charge on any atom is 0.262 e. The lowest BCUT2D eigenvalue weighted by Gasteiger charge is -2.19. The molecule has 0 atom stereocenters. The number of sulfonamides is 1. The van der Waals surface area contributed by atoms with Crippen molar-refractivity contribution in [2.45, 2.75) is 25.7 Å². The predicted molar refractivity (Wildman–Crippen MR) is 102 cm³/mol. The van der Waals surface area contributed by atoms with E-state index in [1.807, 2.05) is 0 Å². The zero-order valence-electron chi connectivity index (χ0n) is 15.8. The third-order valence-corrected chi connectivity index (χ3v) is 6.13. The molecule has 0 heterocycles. The number of ether oxygens (including phenoxy) is 1. The zero-order valence-corrected chi connectivity index (χ0v) is 16.6. The molecule has 0 aliphatic carbocycles. The van der Waals surface area contributed by atoms with Crippen molar-refractivity contribution in [3.05, 3.63) is 53.6 Å². The van der Waals surface area contributed by atoms with Gasteiger partial charge >= 0.3 is 0 Å². The van der Waals surface area contributed by atoms with Crippen molar-refractivity contribution in [3.63, 3.8) is 0 Å². The molecule has 0 unspecified atom stereocenters. The minimum atomic E-state index is -3.67. The molecule has 0 saturated carbocycles. The molecule has 1 N–H and O–H groups in total. The standard InChI is InChI=1S/C19H22F2N2O4S/c1-4-23(5-2)28(25,26)15-8-6-13(3)18(11-15)22-19(24)12-27-14-7-9-16(20)17(21)10-14/h6-11H,4-5,12H2,1-3H3,(H,22,24). The number of nitrogens with one attached hydrogen (secondary N) is 1. The highest BCUT2D eigenvalue weighted by atomic mass is 32.2. The Morgan fingerprint density at radius 1 is 1.07 bits per heavy atom. The summed E-state index contributed by atoms with van der Waals surface area (Å²) in [4.78, 5) is 12.2. The van der Waals surface area contributed by atoms with Gasteiger partial charge in [-0.2, -0.15) is 4.31 Å². The molecule has 2 aromatic carbocycles. The number of rotatable bonds is 8. The minimum Gasteiger partial charge on any atom is -0.484 e. The van der Waals surface area contributed by atoms with Crippen LogP contribution in [-0.4, -0.2) is 38.3 Å². The van der Waals surface area contributed by atoms with Gasteiger partial charge in [-0.15, -0.1) is 0 Å². The number of carbonyl (C=O) groups is 1. The Bertz CT molecular complexity index is 960. The predicted octanol–water partition coefficient (Wildman–Crippen LogP) is 3.32. The lowest BCUT2D eigenvalue weighted by molar-refractivity contribution is -0.118. The average molecular weight is 412 g/mol. The molecule has 0 fully saturated rings. The van der Waals surface area contributed by atoms with Crippen LogP contribution in [0.15, 0.2) is 41.3 Å². The van der Waals surface area contributed by atoms with Crippen LogP contribution in [0.4, 0.5) is 14.5 Å². The molecular formula is C19H22F2N2O4S. The summed E-state index contributed by atoms with van der Waals surface area (Å²) in [6.45, 7) is 5.42. The number of benzene rings is 2. The molecule has 0 aliphatic rings. The highest BCUT2D eigenvalue weighted by Gasteiger charge is 2.22. The summed E-state index contributed by atoms with van der Waals surface area (Å²) in [7, 11) is -3.67. The van der Waals surface area contributed by atoms with Crippen molar-refractivity contribution in [2.75, 3.05) is 25.0 Å². The monoisotopic (exact) mass is 412 g/mol. The van der Waals surface area contributed by atoms with E-state index in [4.69, 9.17) is 4.74 Å². The fraction of sp³-hybridized carbons (Fsp3) is 0.316. The third-order valence-electron chi connectivity index (χ3n) is 4.09. The first-order chi connectivity index (χ1) is 13.2. The fourth-order valence-corrected chi connectivity index (χ4v) is 4.00. The van der Waals surface area contributed by atoms with Crippen LogP contribution >= 0.6 is 0 Å². The molecule has 0 saturated heterocycles. The molecule has 0 aromatic heterocycles. The first-order valence-electron chi connectivity index (χ1n) is 8.67. The summed E-state index contributed by atoms with van der Waals surface area (Å²) >= 11 is 0. The SMILES string of the molecule is CCN(CC)S(=O)(=O)c1ccc(C)c(NC(=O)COc2ccc(F)c(F)c2)c1. The molecule has 0 spiro atoms. The molecule has 0 aliphatic heterocycles. The topological polar surface area (TPSA) is 75.7 Å². The van der Waals surface area contributed by atoms with Gasteiger partial charge in [0.25, 0.3) is 5.91 Å². The van der Waals surface area contributed by atoms with Crippen LogP contribution < -0.4 is 10.1 Å². The molecule has 1 amide bonds. The summed E-state index contributed by atoms with van der Waals surface area (Å²) < 4.78 is 57.8. The number of carbonyl (C=O) groups excluding carboxylic acids is 1. The fourth-order valence-electron chi connectivity index (χ4n) is 2.51. The second-order valence-electron chi connectivity index (χ2n) is 5.98. The Labute approximate surface area is 163 Å². The maximum absolute atomic E-state index is 13.2. The summed E-state index contributed by atoms with van der Waals surface area (Å²) in [5.74, 6) is -2.66. The van der Waals surface area contributed by atoms with Gasteiger partial charge in [0.2, 0.25) is 10.0 Å². The van der Waals surface area contributed by atoms with E-state index in [0.29, 0.717) is 24.3 Å². The van der Waals surface area contributed by atoms with Gasteiger partial charge in [0.05, 0.1) is 4.90 Å². The summed E-state index contributed by atoms with van der Waals surface area (Å²) in [5, 5.41) is 2.58. The maximum atomic E-state index is 13.2. The van der Waals surface area contributed by atoms with Crippen molar-refractivity contribution < 1.29 is 26.7 Å². The summed E-state index contributed by atoms with van der Waals surface area (Å²) in [5.41, 5.74) is 0.992. The molecule has 0 radical (unpaired) electrons. The van der Waals surface area contributed by atoms with Crippen molar-refractivity contribution in [2.24, 2.45) is 0 Å². The lowest BCUT2D eigenvalue weighted by atomic mass is 10.2. The van der Waals surface area contributed by atoms with Crippen molar-refractivity contribution in [3.8, 4) is 5.75 Å². The van der Waals surface area contributed by atoms with Crippen LogP contribution in [0.1, 0.15) is 19.4 Å². The van der Waals surface area contributed by atoms with Gasteiger partial charge in [0, 0.05) is 24.8 Å². The second kappa shape index (κ2) is 9.11. The van der Waals surface area contributed by atoms with Crippen LogP contribution in [0.2, 0.25) is 0 Å². The first kappa shape index (κ1) is 21.8. The largest absolute Gasteiger partial charge is 0.484 e. The lowest BCUT2D eigenvalue weighted by Crippen LogP contribution is -2.30. The Morgan fingerprint density at radius 2 is 1.75 bits per heavy atom. The quantitative estimate of drug-likeness (QED) is 0.722. The van der Waals surface area contributed by atoms with Crippen LogP contribution in [0.3, 0.4) is 0 Å². The molecule has 2 aromatic rings. The van der Waals surface area contributed by atoms with E-state index < -0.39 is 34.2 Å². The Balaban J connectivity index is 2.12. The number of anilines is 1. The van der Waals surface area contributed by atoms with E-state index >= 15 is 0 Å². The molecule has 0 bridgehead atoms. The highest BCUT2D eigenvalue weighted by Crippen LogP contribution is 2.23. The summed E-state index contributed by atoms with van der Waals surface area (Å²) in [6, 6.07) is 7.41. The van der Waals surface area contributed by atoms with Crippen LogP contribution in [0.25, 0.3) is 0 Å². The van der Waals surface area contributed by atoms with Crippen molar-refractivity contribution in [1.29, 1.82) is 0 Å². The van der Waals surface area contributed by atoms with Gasteiger partial charge in [-0.05, 0) is 36.8 Å². The van der Waals surface area contributed by atoms with E-state index in [0.717, 1.165) is 12.1 Å². The molecule has 2 rings (SSSR count). The zero-order chi connectivity index (χ0) is 20.9. The molecular weight excluding hydrogens is 390 g/mol. The smallest absolute Gasteiger partial charge is 0.262 e. The number of aryl methyl sites for hydroxylation is 1. The summed E-state index contributed by atoms with van der Waals surface area (Å²) in [6.07, 6.45) is 0. The van der Waals surface area contributed by atoms with Gasteiger partial charge in [0.15, 0.2) is 18.2 Å². The number of hydrogen-bond acceptors (Lipinski definition) is 4. The van der Waals surface area contributed by atoms with E-state index in [-0.39, 0.29) is 10.6 Å². The number of amides is 1. The second-order valence-corrected chi connectivity index (χ2v) is 7.92. The first-order valence-corrected chi connectivity index (χ1v) is 10.1. The van der Waals surface area contributed by atoms with Crippen molar-refractivity contribution >= 4 is 21.6 Å². The van der Waals surface area contributed by atoms with Gasteiger partial charge < -0.3 is 10.1 Å². The molecule has 152 valence electrons. The molecule has 9 heteroatoms. The van der Waals surface area contributed by atoms with Gasteiger partial charge in [-0.3, -0.25) is 4.79 Å². The minimum absolute atomic E-state index is 0.00336. The number of halogens is 2. The van der Waals surface area contributed by atoms with Gasteiger partial charge in [-0.1, -0.05) is 19.9 Å². The van der Waals surface area contributed by atoms with Crippen molar-refractivity contribution in [1.82, 2.24) is 4.31 Å². The Kier molecular flexibility index (Phi) is 7.09. The van der Waals surface area contributed by atoms with Gasteiger partial charge in [-0.25, -0.2) is 17.2 Å².